The molecule has 0 aliphatic carbocycles. The van der Waals surface area contributed by atoms with Crippen LogP contribution in [0.25, 0.3) is 0 Å². The van der Waals surface area contributed by atoms with Crippen molar-refractivity contribution in [3.05, 3.63) is 29.6 Å². The highest BCUT2D eigenvalue weighted by Gasteiger charge is 2.31. The molecule has 0 spiro atoms. The molecule has 128 valence electrons. The van der Waals surface area contributed by atoms with E-state index in [9.17, 15) is 14.4 Å². The molecule has 24 heavy (non-hydrogen) atoms. The van der Waals surface area contributed by atoms with E-state index in [0.29, 0.717) is 32.8 Å². The number of hydrogen-bond donors (Lipinski definition) is 1. The van der Waals surface area contributed by atoms with Crippen molar-refractivity contribution in [2.45, 2.75) is 18.9 Å². The van der Waals surface area contributed by atoms with E-state index in [1.165, 1.54) is 18.2 Å². The van der Waals surface area contributed by atoms with Crippen LogP contribution in [0.5, 0.6) is 0 Å². The van der Waals surface area contributed by atoms with Gasteiger partial charge in [0.15, 0.2) is 0 Å². The van der Waals surface area contributed by atoms with Crippen LogP contribution in [-0.2, 0) is 9.53 Å². The van der Waals surface area contributed by atoms with Crippen LogP contribution in [0.2, 0.25) is 0 Å². The van der Waals surface area contributed by atoms with Gasteiger partial charge in [0.1, 0.15) is 17.5 Å². The molecule has 0 saturated carbocycles. The second kappa shape index (κ2) is 6.96. The summed E-state index contributed by atoms with van der Waals surface area (Å²) in [6.45, 7) is 2.32. The molecule has 3 rings (SSSR count). The van der Waals surface area contributed by atoms with Gasteiger partial charge in [-0.2, -0.15) is 0 Å². The summed E-state index contributed by atoms with van der Waals surface area (Å²) in [5, 5.41) is 8.96. The van der Waals surface area contributed by atoms with Crippen molar-refractivity contribution in [1.82, 2.24) is 14.8 Å². The van der Waals surface area contributed by atoms with Crippen molar-refractivity contribution in [2.75, 3.05) is 32.8 Å². The average molecular weight is 333 g/mol. The topological polar surface area (TPSA) is 100 Å². The summed E-state index contributed by atoms with van der Waals surface area (Å²) >= 11 is 0. The lowest BCUT2D eigenvalue weighted by atomic mass is 10.2. The largest absolute Gasteiger partial charge is 0.477 e. The van der Waals surface area contributed by atoms with Crippen LogP contribution >= 0.6 is 0 Å². The smallest absolute Gasteiger partial charge is 0.354 e. The fourth-order valence-corrected chi connectivity index (χ4v) is 2.94. The van der Waals surface area contributed by atoms with Crippen molar-refractivity contribution in [3.63, 3.8) is 0 Å². The number of carbonyl (C=O) groups is 3. The molecule has 0 radical (unpaired) electrons. The highest BCUT2D eigenvalue weighted by atomic mass is 16.5. The summed E-state index contributed by atoms with van der Waals surface area (Å²) in [7, 11) is 0. The van der Waals surface area contributed by atoms with Gasteiger partial charge < -0.3 is 19.6 Å². The summed E-state index contributed by atoms with van der Waals surface area (Å²) in [4.78, 5) is 42.9. The van der Waals surface area contributed by atoms with E-state index >= 15 is 0 Å². The molecular formula is C16H19N3O5. The lowest BCUT2D eigenvalue weighted by Gasteiger charge is -2.35. The maximum absolute atomic E-state index is 12.4. The number of nitrogens with zero attached hydrogens (tertiary/aromatic N) is 3. The molecular weight excluding hydrogens is 314 g/mol. The van der Waals surface area contributed by atoms with Gasteiger partial charge in [0.05, 0.1) is 0 Å². The zero-order chi connectivity index (χ0) is 17.1. The number of carboxylic acids is 1. The van der Waals surface area contributed by atoms with Crippen LogP contribution in [0.3, 0.4) is 0 Å². The molecule has 1 aromatic heterocycles. The molecule has 0 aromatic carbocycles. The molecule has 1 atom stereocenters. The first-order valence-corrected chi connectivity index (χ1v) is 7.96. The number of rotatable bonds is 3. The zero-order valence-electron chi connectivity index (χ0n) is 13.2. The van der Waals surface area contributed by atoms with Crippen molar-refractivity contribution in [1.29, 1.82) is 0 Å². The Bertz CT molecular complexity index is 649. The number of carbonyl (C=O) groups excluding carboxylic acids is 2. The fraction of sp³-hybridized carbons (Fsp3) is 0.500. The second-order valence-corrected chi connectivity index (χ2v) is 5.83. The Balaban J connectivity index is 1.60. The number of hydrogen-bond acceptors (Lipinski definition) is 5. The van der Waals surface area contributed by atoms with E-state index in [0.717, 1.165) is 12.8 Å². The summed E-state index contributed by atoms with van der Waals surface area (Å²) in [5.41, 5.74) is -0.0538. The van der Waals surface area contributed by atoms with Crippen LogP contribution in [-0.4, -0.2) is 76.6 Å². The van der Waals surface area contributed by atoms with Gasteiger partial charge in [-0.15, -0.1) is 0 Å². The van der Waals surface area contributed by atoms with Crippen molar-refractivity contribution >= 4 is 17.8 Å². The van der Waals surface area contributed by atoms with E-state index in [1.54, 1.807) is 9.80 Å². The van der Waals surface area contributed by atoms with E-state index in [-0.39, 0.29) is 29.3 Å². The number of amides is 2. The quantitative estimate of drug-likeness (QED) is 0.851. The van der Waals surface area contributed by atoms with Gasteiger partial charge in [0.25, 0.3) is 11.8 Å². The molecule has 8 heteroatoms. The van der Waals surface area contributed by atoms with Crippen molar-refractivity contribution in [3.8, 4) is 0 Å². The molecule has 2 aliphatic rings. The molecule has 1 aromatic rings. The van der Waals surface area contributed by atoms with E-state index in [2.05, 4.69) is 4.98 Å². The first-order valence-electron chi connectivity index (χ1n) is 7.96. The van der Waals surface area contributed by atoms with Gasteiger partial charge in [-0.1, -0.05) is 6.07 Å². The summed E-state index contributed by atoms with van der Waals surface area (Å²) in [6.07, 6.45) is 1.31. The first kappa shape index (κ1) is 16.4. The first-order chi connectivity index (χ1) is 11.6. The van der Waals surface area contributed by atoms with Crippen molar-refractivity contribution < 1.29 is 24.2 Å². The van der Waals surface area contributed by atoms with Crippen LogP contribution < -0.4 is 0 Å². The van der Waals surface area contributed by atoms with E-state index in [1.807, 2.05) is 0 Å². The number of aromatic nitrogens is 1. The molecule has 1 unspecified atom stereocenters. The van der Waals surface area contributed by atoms with E-state index < -0.39 is 5.97 Å². The number of aromatic carboxylic acids is 1. The molecule has 2 saturated heterocycles. The molecule has 2 amide bonds. The standard InChI is InChI=1S/C16H19N3O5/c20-14(11-3-1-4-12(17-11)16(22)23)18-6-8-19(9-7-18)15(21)13-5-2-10-24-13/h1,3-4,13H,2,5-10H2,(H,22,23). The van der Waals surface area contributed by atoms with Gasteiger partial charge in [-0.3, -0.25) is 9.59 Å². The van der Waals surface area contributed by atoms with E-state index in [4.69, 9.17) is 9.84 Å². The molecule has 3 heterocycles. The van der Waals surface area contributed by atoms with Gasteiger partial charge in [0.2, 0.25) is 0 Å². The molecule has 2 aliphatic heterocycles. The summed E-state index contributed by atoms with van der Waals surface area (Å²) < 4.78 is 5.41. The van der Waals surface area contributed by atoms with Crippen LogP contribution in [0.1, 0.15) is 33.8 Å². The second-order valence-electron chi connectivity index (χ2n) is 5.83. The third kappa shape index (κ3) is 3.38. The summed E-state index contributed by atoms with van der Waals surface area (Å²) in [5.74, 6) is -1.50. The van der Waals surface area contributed by atoms with Gasteiger partial charge in [0, 0.05) is 32.8 Å². The Morgan fingerprint density at radius 3 is 2.38 bits per heavy atom. The van der Waals surface area contributed by atoms with Gasteiger partial charge >= 0.3 is 5.97 Å². The lowest BCUT2D eigenvalue weighted by Crippen LogP contribution is -2.53. The average Bonchev–Trinajstić information content (AvgIpc) is 3.15. The van der Waals surface area contributed by atoms with Gasteiger partial charge in [-0.05, 0) is 25.0 Å². The number of ether oxygens (including phenoxy) is 1. The maximum Gasteiger partial charge on any atom is 0.354 e. The van der Waals surface area contributed by atoms with Crippen LogP contribution in [0.4, 0.5) is 0 Å². The molecule has 2 fully saturated rings. The predicted octanol–water partition coefficient (Wildman–Crippen LogP) is 0.243. The lowest BCUT2D eigenvalue weighted by molar-refractivity contribution is -0.142. The molecule has 8 nitrogen and oxygen atoms in total. The highest BCUT2D eigenvalue weighted by molar-refractivity contribution is 5.94. The third-order valence-corrected chi connectivity index (χ3v) is 4.27. The zero-order valence-corrected chi connectivity index (χ0v) is 13.2. The monoisotopic (exact) mass is 333 g/mol. The SMILES string of the molecule is O=C(O)c1cccc(C(=O)N2CCN(C(=O)C3CCCO3)CC2)n1. The summed E-state index contributed by atoms with van der Waals surface area (Å²) in [6, 6.07) is 4.34. The Morgan fingerprint density at radius 2 is 1.75 bits per heavy atom. The Kier molecular flexibility index (Phi) is 4.75. The molecule has 0 bridgehead atoms. The normalized spacial score (nSPS) is 20.9. The maximum atomic E-state index is 12.4. The number of pyridine rings is 1. The Morgan fingerprint density at radius 1 is 1.08 bits per heavy atom. The number of piperazine rings is 1. The highest BCUT2D eigenvalue weighted by Crippen LogP contribution is 2.16. The minimum Gasteiger partial charge on any atom is -0.477 e. The van der Waals surface area contributed by atoms with Gasteiger partial charge in [-0.25, -0.2) is 9.78 Å². The third-order valence-electron chi connectivity index (χ3n) is 4.27. The minimum absolute atomic E-state index is 0.00871. The Labute approximate surface area is 139 Å². The fourth-order valence-electron chi connectivity index (χ4n) is 2.94. The van der Waals surface area contributed by atoms with Crippen molar-refractivity contribution in [2.24, 2.45) is 0 Å². The van der Waals surface area contributed by atoms with Crippen LogP contribution in [0, 0.1) is 0 Å². The molecule has 1 N–H and O–H groups in total. The van der Waals surface area contributed by atoms with Crippen LogP contribution in [0.15, 0.2) is 18.2 Å². The Hall–Kier alpha value is -2.48. The minimum atomic E-state index is -1.17. The number of carboxylic acid groups (broad SMARTS) is 1. The predicted molar refractivity (Wildman–Crippen MR) is 82.7 cm³/mol.